The normalized spacial score (nSPS) is 14.9. The van der Waals surface area contributed by atoms with Crippen molar-refractivity contribution in [2.24, 2.45) is 0 Å². The van der Waals surface area contributed by atoms with Crippen molar-refractivity contribution < 1.29 is 14.6 Å². The molecule has 0 rings (SSSR count). The third-order valence-electron chi connectivity index (χ3n) is 1.92. The Balaban J connectivity index is 4.07. The average molecular weight is 186 g/mol. The van der Waals surface area contributed by atoms with E-state index in [0.29, 0.717) is 19.4 Å². The van der Waals surface area contributed by atoms with Crippen molar-refractivity contribution in [2.45, 2.75) is 38.7 Å². The van der Waals surface area contributed by atoms with Gasteiger partial charge in [-0.1, -0.05) is 19.4 Å². The Hall–Kier alpha value is -0.830. The first-order chi connectivity index (χ1) is 6.06. The molecule has 1 N–H and O–H groups in total. The molecule has 13 heavy (non-hydrogen) atoms. The van der Waals surface area contributed by atoms with Gasteiger partial charge in [0.25, 0.3) is 0 Å². The van der Waals surface area contributed by atoms with Crippen molar-refractivity contribution in [3.63, 3.8) is 0 Å². The summed E-state index contributed by atoms with van der Waals surface area (Å²) >= 11 is 0. The molecule has 3 nitrogen and oxygen atoms in total. The van der Waals surface area contributed by atoms with Crippen LogP contribution in [0.5, 0.6) is 0 Å². The molecule has 0 aromatic carbocycles. The fourth-order valence-electron chi connectivity index (χ4n) is 1.09. The maximum Gasteiger partial charge on any atom is 0.335 e. The molecule has 0 fully saturated rings. The molecule has 0 radical (unpaired) electrons. The third-order valence-corrected chi connectivity index (χ3v) is 1.92. The van der Waals surface area contributed by atoms with Gasteiger partial charge >= 0.3 is 5.97 Å². The molecule has 0 bridgehead atoms. The first-order valence-electron chi connectivity index (χ1n) is 4.55. The second-order valence-corrected chi connectivity index (χ2v) is 3.21. The van der Waals surface area contributed by atoms with Crippen molar-refractivity contribution in [1.29, 1.82) is 0 Å². The standard InChI is InChI=1S/C10H18O3/c1-4-6-8-13-10(3,7-5-2)9(11)12/h4H,1,5-8H2,2-3H3,(H,11,12). The molecule has 0 aromatic heterocycles. The molecule has 0 saturated carbocycles. The zero-order chi connectivity index (χ0) is 10.3. The second-order valence-electron chi connectivity index (χ2n) is 3.21. The molecular weight excluding hydrogens is 168 g/mol. The van der Waals surface area contributed by atoms with Gasteiger partial charge in [-0.25, -0.2) is 4.79 Å². The van der Waals surface area contributed by atoms with E-state index in [9.17, 15) is 4.79 Å². The Morgan fingerprint density at radius 1 is 1.69 bits per heavy atom. The van der Waals surface area contributed by atoms with Gasteiger partial charge in [0.1, 0.15) is 0 Å². The number of hydrogen-bond donors (Lipinski definition) is 1. The van der Waals surface area contributed by atoms with Crippen LogP contribution in [0.15, 0.2) is 12.7 Å². The minimum atomic E-state index is -1.03. The largest absolute Gasteiger partial charge is 0.479 e. The Kier molecular flexibility index (Phi) is 5.39. The number of rotatable bonds is 7. The Morgan fingerprint density at radius 3 is 2.69 bits per heavy atom. The molecule has 0 amide bonds. The quantitative estimate of drug-likeness (QED) is 0.490. The number of aliphatic carboxylic acids is 1. The molecule has 0 spiro atoms. The molecule has 1 atom stereocenters. The smallest absolute Gasteiger partial charge is 0.335 e. The molecule has 0 aromatic rings. The van der Waals surface area contributed by atoms with Gasteiger partial charge in [-0.15, -0.1) is 6.58 Å². The summed E-state index contributed by atoms with van der Waals surface area (Å²) in [5, 5.41) is 8.91. The van der Waals surface area contributed by atoms with Gasteiger partial charge in [0.15, 0.2) is 5.60 Å². The number of ether oxygens (including phenoxy) is 1. The summed E-state index contributed by atoms with van der Waals surface area (Å²) in [6.45, 7) is 7.52. The summed E-state index contributed by atoms with van der Waals surface area (Å²) in [6, 6.07) is 0. The van der Waals surface area contributed by atoms with E-state index in [1.807, 2.05) is 6.92 Å². The number of carboxylic acids is 1. The summed E-state index contributed by atoms with van der Waals surface area (Å²) in [6.07, 6.45) is 3.75. The zero-order valence-electron chi connectivity index (χ0n) is 8.38. The number of carbonyl (C=O) groups is 1. The van der Waals surface area contributed by atoms with Gasteiger partial charge in [0.2, 0.25) is 0 Å². The molecular formula is C10H18O3. The van der Waals surface area contributed by atoms with Crippen molar-refractivity contribution in [3.8, 4) is 0 Å². The van der Waals surface area contributed by atoms with E-state index in [4.69, 9.17) is 9.84 Å². The van der Waals surface area contributed by atoms with Gasteiger partial charge < -0.3 is 9.84 Å². The van der Waals surface area contributed by atoms with E-state index in [-0.39, 0.29) is 0 Å². The van der Waals surface area contributed by atoms with Crippen LogP contribution in [0.2, 0.25) is 0 Å². The Labute approximate surface area is 79.4 Å². The van der Waals surface area contributed by atoms with Gasteiger partial charge in [-0.05, 0) is 19.8 Å². The predicted octanol–water partition coefficient (Wildman–Crippen LogP) is 2.22. The van der Waals surface area contributed by atoms with Crippen molar-refractivity contribution in [1.82, 2.24) is 0 Å². The minimum absolute atomic E-state index is 0.423. The number of carboxylic acid groups (broad SMARTS) is 1. The van der Waals surface area contributed by atoms with E-state index >= 15 is 0 Å². The summed E-state index contributed by atoms with van der Waals surface area (Å²) < 4.78 is 5.30. The molecule has 76 valence electrons. The van der Waals surface area contributed by atoms with E-state index < -0.39 is 11.6 Å². The highest BCUT2D eigenvalue weighted by atomic mass is 16.5. The first kappa shape index (κ1) is 12.2. The van der Waals surface area contributed by atoms with E-state index in [0.717, 1.165) is 6.42 Å². The van der Waals surface area contributed by atoms with Crippen LogP contribution in [0.25, 0.3) is 0 Å². The lowest BCUT2D eigenvalue weighted by Crippen LogP contribution is -2.38. The fourth-order valence-corrected chi connectivity index (χ4v) is 1.09. The lowest BCUT2D eigenvalue weighted by molar-refractivity contribution is -0.164. The van der Waals surface area contributed by atoms with E-state index in [1.54, 1.807) is 13.0 Å². The van der Waals surface area contributed by atoms with Crippen LogP contribution in [0.3, 0.4) is 0 Å². The fraction of sp³-hybridized carbons (Fsp3) is 0.700. The Bertz CT molecular complexity index is 177. The van der Waals surface area contributed by atoms with Gasteiger partial charge in [0, 0.05) is 0 Å². The summed E-state index contributed by atoms with van der Waals surface area (Å²) in [4.78, 5) is 10.9. The molecule has 0 aliphatic carbocycles. The number of hydrogen-bond acceptors (Lipinski definition) is 2. The van der Waals surface area contributed by atoms with Crippen LogP contribution < -0.4 is 0 Å². The summed E-state index contributed by atoms with van der Waals surface area (Å²) in [7, 11) is 0. The average Bonchev–Trinajstić information content (AvgIpc) is 2.05. The van der Waals surface area contributed by atoms with E-state index in [1.165, 1.54) is 0 Å². The molecule has 0 aliphatic rings. The van der Waals surface area contributed by atoms with Crippen LogP contribution in [0.4, 0.5) is 0 Å². The SMILES string of the molecule is C=CCCOC(C)(CCC)C(=O)O. The van der Waals surface area contributed by atoms with Crippen LogP contribution >= 0.6 is 0 Å². The predicted molar refractivity (Wildman–Crippen MR) is 51.7 cm³/mol. The monoisotopic (exact) mass is 186 g/mol. The molecule has 3 heteroatoms. The van der Waals surface area contributed by atoms with Crippen LogP contribution in [-0.4, -0.2) is 23.3 Å². The topological polar surface area (TPSA) is 46.5 Å². The maximum atomic E-state index is 10.9. The van der Waals surface area contributed by atoms with Crippen molar-refractivity contribution in [2.75, 3.05) is 6.61 Å². The van der Waals surface area contributed by atoms with Crippen LogP contribution in [0, 0.1) is 0 Å². The highest BCUT2D eigenvalue weighted by molar-refractivity contribution is 5.76. The third kappa shape index (κ3) is 4.08. The van der Waals surface area contributed by atoms with Gasteiger partial charge in [-0.3, -0.25) is 0 Å². The molecule has 1 unspecified atom stereocenters. The molecule has 0 saturated heterocycles. The summed E-state index contributed by atoms with van der Waals surface area (Å²) in [5.74, 6) is -0.890. The molecule has 0 aliphatic heterocycles. The van der Waals surface area contributed by atoms with Crippen LogP contribution in [-0.2, 0) is 9.53 Å². The highest BCUT2D eigenvalue weighted by Crippen LogP contribution is 2.18. The lowest BCUT2D eigenvalue weighted by atomic mass is 10.0. The van der Waals surface area contributed by atoms with Gasteiger partial charge in [-0.2, -0.15) is 0 Å². The first-order valence-corrected chi connectivity index (χ1v) is 4.55. The lowest BCUT2D eigenvalue weighted by Gasteiger charge is -2.24. The van der Waals surface area contributed by atoms with Crippen LogP contribution in [0.1, 0.15) is 33.1 Å². The molecule has 0 heterocycles. The Morgan fingerprint density at radius 2 is 2.31 bits per heavy atom. The van der Waals surface area contributed by atoms with E-state index in [2.05, 4.69) is 6.58 Å². The second kappa shape index (κ2) is 5.75. The zero-order valence-corrected chi connectivity index (χ0v) is 8.38. The highest BCUT2D eigenvalue weighted by Gasteiger charge is 2.32. The minimum Gasteiger partial charge on any atom is -0.479 e. The summed E-state index contributed by atoms with van der Waals surface area (Å²) in [5.41, 5.74) is -1.03. The van der Waals surface area contributed by atoms with Crippen molar-refractivity contribution in [3.05, 3.63) is 12.7 Å². The van der Waals surface area contributed by atoms with Crippen molar-refractivity contribution >= 4 is 5.97 Å². The van der Waals surface area contributed by atoms with Gasteiger partial charge in [0.05, 0.1) is 6.61 Å². The maximum absolute atomic E-state index is 10.9.